The Balaban J connectivity index is 2.22. The molecular weight excluding hydrogens is 150 g/mol. The number of oxime groups is 1. The highest BCUT2D eigenvalue weighted by molar-refractivity contribution is 5.62. The van der Waals surface area contributed by atoms with Gasteiger partial charge in [-0.3, -0.25) is 0 Å². The molecule has 0 aliphatic carbocycles. The number of nitrogens with zero attached hydrogens (tertiary/aromatic N) is 1. The van der Waals surface area contributed by atoms with Gasteiger partial charge < -0.3 is 4.84 Å². The SMILES string of the molecule is C[C@@H]1C=NO[C@@H]1c1ccccc1. The summed E-state index contributed by atoms with van der Waals surface area (Å²) >= 11 is 0. The van der Waals surface area contributed by atoms with Crippen LogP contribution in [0.2, 0.25) is 0 Å². The van der Waals surface area contributed by atoms with Crippen LogP contribution < -0.4 is 0 Å². The molecule has 0 bridgehead atoms. The zero-order valence-corrected chi connectivity index (χ0v) is 6.97. The molecule has 1 aromatic carbocycles. The minimum absolute atomic E-state index is 0.117. The van der Waals surface area contributed by atoms with E-state index in [0.29, 0.717) is 5.92 Å². The van der Waals surface area contributed by atoms with Crippen molar-refractivity contribution < 1.29 is 4.84 Å². The predicted molar refractivity (Wildman–Crippen MR) is 47.9 cm³/mol. The smallest absolute Gasteiger partial charge is 0.160 e. The molecule has 0 amide bonds. The van der Waals surface area contributed by atoms with Crippen molar-refractivity contribution in [3.63, 3.8) is 0 Å². The maximum absolute atomic E-state index is 5.22. The van der Waals surface area contributed by atoms with Crippen molar-refractivity contribution >= 4 is 6.21 Å². The molecule has 0 spiro atoms. The van der Waals surface area contributed by atoms with Gasteiger partial charge in [-0.25, -0.2) is 0 Å². The molecule has 1 heterocycles. The summed E-state index contributed by atoms with van der Waals surface area (Å²) in [6.45, 7) is 2.11. The van der Waals surface area contributed by atoms with Crippen molar-refractivity contribution in [1.29, 1.82) is 0 Å². The summed E-state index contributed by atoms with van der Waals surface area (Å²) in [7, 11) is 0. The molecule has 0 fully saturated rings. The Morgan fingerprint density at radius 1 is 1.25 bits per heavy atom. The standard InChI is InChI=1S/C10H11NO/c1-8-7-11-12-10(8)9-5-3-2-4-6-9/h2-8,10H,1H3/t8-,10+/m1/s1. The molecule has 0 radical (unpaired) electrons. The van der Waals surface area contributed by atoms with Crippen LogP contribution in [0.15, 0.2) is 35.5 Å². The van der Waals surface area contributed by atoms with E-state index >= 15 is 0 Å². The van der Waals surface area contributed by atoms with Gasteiger partial charge in [-0.2, -0.15) is 0 Å². The molecule has 0 saturated carbocycles. The molecule has 1 aliphatic rings. The van der Waals surface area contributed by atoms with Crippen LogP contribution in [0.5, 0.6) is 0 Å². The van der Waals surface area contributed by atoms with Crippen LogP contribution in [0.4, 0.5) is 0 Å². The van der Waals surface area contributed by atoms with E-state index in [1.807, 2.05) is 24.4 Å². The average molecular weight is 161 g/mol. The van der Waals surface area contributed by atoms with Gasteiger partial charge >= 0.3 is 0 Å². The fourth-order valence-electron chi connectivity index (χ4n) is 1.38. The molecule has 2 atom stereocenters. The van der Waals surface area contributed by atoms with Gasteiger partial charge in [0.15, 0.2) is 6.10 Å². The van der Waals surface area contributed by atoms with E-state index in [-0.39, 0.29) is 6.10 Å². The monoisotopic (exact) mass is 161 g/mol. The lowest BCUT2D eigenvalue weighted by Gasteiger charge is -2.12. The summed E-state index contributed by atoms with van der Waals surface area (Å²) in [6.07, 6.45) is 1.96. The lowest BCUT2D eigenvalue weighted by Crippen LogP contribution is -2.05. The van der Waals surface area contributed by atoms with Crippen LogP contribution in [-0.4, -0.2) is 6.21 Å². The molecule has 62 valence electrons. The van der Waals surface area contributed by atoms with Crippen LogP contribution in [-0.2, 0) is 4.84 Å². The maximum Gasteiger partial charge on any atom is 0.160 e. The van der Waals surface area contributed by atoms with Gasteiger partial charge in [0, 0.05) is 5.92 Å². The molecule has 1 aliphatic heterocycles. The van der Waals surface area contributed by atoms with Gasteiger partial charge in [0.05, 0.1) is 6.21 Å². The number of hydrogen-bond donors (Lipinski definition) is 0. The van der Waals surface area contributed by atoms with Crippen LogP contribution in [0, 0.1) is 5.92 Å². The molecule has 1 aromatic rings. The molecule has 2 nitrogen and oxygen atoms in total. The number of hydrogen-bond acceptors (Lipinski definition) is 2. The van der Waals surface area contributed by atoms with Gasteiger partial charge in [0.1, 0.15) is 0 Å². The zero-order chi connectivity index (χ0) is 8.39. The van der Waals surface area contributed by atoms with Crippen LogP contribution in [0.3, 0.4) is 0 Å². The van der Waals surface area contributed by atoms with Gasteiger partial charge in [-0.05, 0) is 5.56 Å². The molecule has 0 N–H and O–H groups in total. The van der Waals surface area contributed by atoms with E-state index in [1.54, 1.807) is 0 Å². The second-order valence-corrected chi connectivity index (χ2v) is 3.05. The van der Waals surface area contributed by atoms with Crippen molar-refractivity contribution in [1.82, 2.24) is 0 Å². The van der Waals surface area contributed by atoms with Gasteiger partial charge in [-0.1, -0.05) is 42.4 Å². The summed E-state index contributed by atoms with van der Waals surface area (Å²) in [4.78, 5) is 5.22. The topological polar surface area (TPSA) is 21.6 Å². The highest BCUT2D eigenvalue weighted by atomic mass is 16.6. The summed E-state index contributed by atoms with van der Waals surface area (Å²) in [5, 5.41) is 3.80. The first-order valence-electron chi connectivity index (χ1n) is 4.12. The minimum Gasteiger partial charge on any atom is -0.387 e. The summed E-state index contributed by atoms with van der Waals surface area (Å²) in [6, 6.07) is 10.2. The Morgan fingerprint density at radius 2 is 2.00 bits per heavy atom. The Hall–Kier alpha value is -1.31. The maximum atomic E-state index is 5.22. The van der Waals surface area contributed by atoms with Gasteiger partial charge in [-0.15, -0.1) is 0 Å². The highest BCUT2D eigenvalue weighted by Gasteiger charge is 2.23. The first-order valence-corrected chi connectivity index (χ1v) is 4.12. The third kappa shape index (κ3) is 1.20. The molecular formula is C10H11NO. The third-order valence-corrected chi connectivity index (χ3v) is 2.08. The van der Waals surface area contributed by atoms with Gasteiger partial charge in [0.2, 0.25) is 0 Å². The van der Waals surface area contributed by atoms with Crippen LogP contribution >= 0.6 is 0 Å². The lowest BCUT2D eigenvalue weighted by molar-refractivity contribution is 0.0653. The highest BCUT2D eigenvalue weighted by Crippen LogP contribution is 2.28. The second-order valence-electron chi connectivity index (χ2n) is 3.05. The van der Waals surface area contributed by atoms with Crippen molar-refractivity contribution in [2.75, 3.05) is 0 Å². The molecule has 0 aromatic heterocycles. The molecule has 2 rings (SSSR count). The fourth-order valence-corrected chi connectivity index (χ4v) is 1.38. The largest absolute Gasteiger partial charge is 0.387 e. The van der Waals surface area contributed by atoms with Crippen molar-refractivity contribution in [3.8, 4) is 0 Å². The first kappa shape index (κ1) is 7.35. The molecule has 2 heteroatoms. The summed E-state index contributed by atoms with van der Waals surface area (Å²) in [5.74, 6) is 0.382. The molecule has 12 heavy (non-hydrogen) atoms. The van der Waals surface area contributed by atoms with Crippen molar-refractivity contribution in [2.24, 2.45) is 11.1 Å². The Kier molecular flexibility index (Phi) is 1.82. The molecule has 0 unspecified atom stereocenters. The minimum atomic E-state index is 0.117. The average Bonchev–Trinajstić information content (AvgIpc) is 2.53. The van der Waals surface area contributed by atoms with Crippen molar-refractivity contribution in [2.45, 2.75) is 13.0 Å². The Bertz CT molecular complexity index is 281. The van der Waals surface area contributed by atoms with E-state index in [1.165, 1.54) is 5.56 Å². The first-order chi connectivity index (χ1) is 5.88. The third-order valence-electron chi connectivity index (χ3n) is 2.08. The summed E-state index contributed by atoms with van der Waals surface area (Å²) < 4.78 is 0. The molecule has 0 saturated heterocycles. The number of benzene rings is 1. The van der Waals surface area contributed by atoms with Gasteiger partial charge in [0.25, 0.3) is 0 Å². The fraction of sp³-hybridized carbons (Fsp3) is 0.300. The van der Waals surface area contributed by atoms with E-state index in [9.17, 15) is 0 Å². The quantitative estimate of drug-likeness (QED) is 0.619. The van der Waals surface area contributed by atoms with E-state index in [0.717, 1.165) is 0 Å². The predicted octanol–water partition coefficient (Wildman–Crippen LogP) is 2.38. The second kappa shape index (κ2) is 2.97. The van der Waals surface area contributed by atoms with Crippen molar-refractivity contribution in [3.05, 3.63) is 35.9 Å². The van der Waals surface area contributed by atoms with E-state index < -0.39 is 0 Å². The van der Waals surface area contributed by atoms with Crippen LogP contribution in [0.1, 0.15) is 18.6 Å². The lowest BCUT2D eigenvalue weighted by atomic mass is 9.99. The van der Waals surface area contributed by atoms with E-state index in [4.69, 9.17) is 4.84 Å². The van der Waals surface area contributed by atoms with Crippen LogP contribution in [0.25, 0.3) is 0 Å². The normalized spacial score (nSPS) is 27.1. The summed E-state index contributed by atoms with van der Waals surface area (Å²) in [5.41, 5.74) is 1.20. The number of rotatable bonds is 1. The Labute approximate surface area is 71.8 Å². The zero-order valence-electron chi connectivity index (χ0n) is 6.97. The Morgan fingerprint density at radius 3 is 2.58 bits per heavy atom. The van der Waals surface area contributed by atoms with E-state index in [2.05, 4.69) is 24.2 Å².